The second-order valence-electron chi connectivity index (χ2n) is 16.6. The summed E-state index contributed by atoms with van der Waals surface area (Å²) in [6.45, 7) is 0.972. The normalized spacial score (nSPS) is 11.6. The van der Waals surface area contributed by atoms with Crippen molar-refractivity contribution in [3.63, 3.8) is 0 Å². The van der Waals surface area contributed by atoms with Gasteiger partial charge in [-0.2, -0.15) is 0 Å². The molecule has 9 rings (SSSR count). The van der Waals surface area contributed by atoms with E-state index in [4.69, 9.17) is 0 Å². The van der Waals surface area contributed by atoms with Crippen molar-refractivity contribution in [1.29, 1.82) is 0 Å². The van der Waals surface area contributed by atoms with E-state index in [-0.39, 0.29) is 11.3 Å². The SMILES string of the molecule is Cc1c(O)c(O)c(O)c(-c2c(O)c(O)c(-c3c(O)c(O)c(O)c4c3sc3c(-c5c(O)c(O)c(O)c(-c6nc(-c7c(O)c(O)c(O)c(O)c7O)nc(-c7c(O)c(O)c(O)c(O)c7O)n6)c5O)c(O)c(O)c(O)c34)c(O)c2O)c1O. The Morgan fingerprint density at radius 1 is 0.192 bits per heavy atom. The summed E-state index contributed by atoms with van der Waals surface area (Å²) in [5.41, 5.74) is -12.2. The summed E-state index contributed by atoms with van der Waals surface area (Å²) in [6.07, 6.45) is 0. The van der Waals surface area contributed by atoms with Gasteiger partial charge in [-0.3, -0.25) is 0 Å². The molecular formula is C46H31N3O28S. The molecule has 0 atom stereocenters. The number of fused-ring (bicyclic) bond motifs is 3. The minimum atomic E-state index is -1.77. The Hall–Kier alpha value is -11.8. The van der Waals surface area contributed by atoms with Crippen LogP contribution in [0, 0.1) is 6.92 Å². The highest BCUT2D eigenvalue weighted by Gasteiger charge is 2.39. The molecule has 0 aliphatic carbocycles. The molecule has 0 aliphatic rings. The third-order valence-electron chi connectivity index (χ3n) is 12.4. The van der Waals surface area contributed by atoms with Crippen LogP contribution in [-0.4, -0.2) is 158 Å². The molecular weight excluding hydrogens is 1070 g/mol. The van der Waals surface area contributed by atoms with Crippen LogP contribution in [-0.2, 0) is 0 Å². The number of hydrogen-bond donors (Lipinski definition) is 28. The van der Waals surface area contributed by atoms with E-state index in [1.54, 1.807) is 0 Å². The first-order valence-corrected chi connectivity index (χ1v) is 21.6. The van der Waals surface area contributed by atoms with E-state index in [0.29, 0.717) is 0 Å². The summed E-state index contributed by atoms with van der Waals surface area (Å²) in [7, 11) is 0. The topological polar surface area (TPSA) is 605 Å². The number of phenols is 28. The number of benzene rings is 7. The van der Waals surface area contributed by atoms with Crippen LogP contribution in [0.5, 0.6) is 161 Å². The zero-order valence-electron chi connectivity index (χ0n) is 37.8. The maximum Gasteiger partial charge on any atom is 0.208 e. The maximum atomic E-state index is 12.2. The quantitative estimate of drug-likeness (QED) is 0.0814. The van der Waals surface area contributed by atoms with Crippen molar-refractivity contribution in [2.75, 3.05) is 0 Å². The highest BCUT2D eigenvalue weighted by Crippen LogP contribution is 2.68. The standard InChI is InChI=1S/C46H31N3O28S/c1-2-14(50)3(21(57)32(68)15(2)51)4-17(53)19(55)6(20(56)18(4)54)8-24(60)35(71)26(62)10-9-25(61)34(70)23(59)7(42(9)78-43(8)10)5-16(52)11(27(63)33(69)22(5)58)44-47-45(12-28(64)36(72)40(76)37(73)29(12)65)49-46(48-44)13-30(66)38(74)41(77)39(75)31(13)67/h50-77H,1H3. The first-order chi connectivity index (χ1) is 36.3. The van der Waals surface area contributed by atoms with E-state index >= 15 is 0 Å². The van der Waals surface area contributed by atoms with Gasteiger partial charge < -0.3 is 143 Å². The molecule has 78 heavy (non-hydrogen) atoms. The van der Waals surface area contributed by atoms with Gasteiger partial charge in [0.25, 0.3) is 0 Å². The number of rotatable bonds is 6. The van der Waals surface area contributed by atoms with Gasteiger partial charge in [0.15, 0.2) is 109 Å². The van der Waals surface area contributed by atoms with Gasteiger partial charge in [0.1, 0.15) is 28.2 Å². The summed E-state index contributed by atoms with van der Waals surface area (Å²) in [5.74, 6) is -47.9. The van der Waals surface area contributed by atoms with Crippen molar-refractivity contribution in [1.82, 2.24) is 15.0 Å². The van der Waals surface area contributed by atoms with Crippen molar-refractivity contribution >= 4 is 31.5 Å². The molecule has 0 saturated heterocycles. The number of thiophene rings is 1. The van der Waals surface area contributed by atoms with Crippen molar-refractivity contribution in [2.45, 2.75) is 6.92 Å². The highest BCUT2D eigenvalue weighted by atomic mass is 32.1. The lowest BCUT2D eigenvalue weighted by molar-refractivity contribution is 0.329. The van der Waals surface area contributed by atoms with E-state index in [1.807, 2.05) is 0 Å². The first kappa shape index (κ1) is 51.1. The smallest absolute Gasteiger partial charge is 0.208 e. The largest absolute Gasteiger partial charge is 0.507 e. The van der Waals surface area contributed by atoms with Gasteiger partial charge in [-0.25, -0.2) is 15.0 Å². The van der Waals surface area contributed by atoms with Crippen molar-refractivity contribution in [3.05, 3.63) is 5.56 Å². The summed E-state index contributed by atoms with van der Waals surface area (Å²) >= 11 is 0.0186. The predicted molar refractivity (Wildman–Crippen MR) is 257 cm³/mol. The molecule has 2 heterocycles. The van der Waals surface area contributed by atoms with Crippen LogP contribution in [0.3, 0.4) is 0 Å². The summed E-state index contributed by atoms with van der Waals surface area (Å²) in [4.78, 5) is 11.4. The number of aromatic nitrogens is 3. The third kappa shape index (κ3) is 6.39. The Balaban J connectivity index is 1.41. The molecule has 0 fully saturated rings. The Morgan fingerprint density at radius 2 is 0.385 bits per heavy atom. The molecule has 7 aromatic carbocycles. The zero-order chi connectivity index (χ0) is 57.8. The summed E-state index contributed by atoms with van der Waals surface area (Å²) < 4.78 is -1.74. The van der Waals surface area contributed by atoms with Crippen LogP contribution in [0.2, 0.25) is 0 Å². The summed E-state index contributed by atoms with van der Waals surface area (Å²) in [6, 6.07) is 0. The zero-order valence-corrected chi connectivity index (χ0v) is 38.6. The van der Waals surface area contributed by atoms with Crippen molar-refractivity contribution in [3.8, 4) is 229 Å². The highest BCUT2D eigenvalue weighted by molar-refractivity contribution is 7.27. The minimum Gasteiger partial charge on any atom is -0.507 e. The molecule has 32 heteroatoms. The van der Waals surface area contributed by atoms with Crippen LogP contribution >= 0.6 is 11.3 Å². The number of aromatic hydroxyl groups is 28. The Morgan fingerprint density at radius 3 is 0.718 bits per heavy atom. The monoisotopic (exact) mass is 1110 g/mol. The molecule has 0 saturated carbocycles. The fraction of sp³-hybridized carbons (Fsp3) is 0.0217. The van der Waals surface area contributed by atoms with Gasteiger partial charge in [0.2, 0.25) is 57.5 Å². The van der Waals surface area contributed by atoms with Crippen LogP contribution in [0.15, 0.2) is 0 Å². The molecule has 9 aromatic rings. The number of nitrogens with zero attached hydrogens (tertiary/aromatic N) is 3. The Bertz CT molecular complexity index is 4070. The van der Waals surface area contributed by atoms with Gasteiger partial charge in [0.05, 0.1) is 53.6 Å². The van der Waals surface area contributed by atoms with Gasteiger partial charge in [-0.1, -0.05) is 0 Å². The van der Waals surface area contributed by atoms with E-state index in [9.17, 15) is 143 Å². The predicted octanol–water partition coefficient (Wildman–Crippen LogP) is 4.31. The second kappa shape index (κ2) is 16.6. The van der Waals surface area contributed by atoms with E-state index < -0.39 is 254 Å². The maximum absolute atomic E-state index is 12.2. The van der Waals surface area contributed by atoms with Gasteiger partial charge in [0, 0.05) is 5.56 Å². The number of phenolic OH excluding ortho intramolecular Hbond substituents is 28. The average Bonchev–Trinajstić information content (AvgIpc) is 3.80. The lowest BCUT2D eigenvalue weighted by Crippen LogP contribution is -2.02. The van der Waals surface area contributed by atoms with Crippen LogP contribution in [0.4, 0.5) is 0 Å². The van der Waals surface area contributed by atoms with E-state index in [0.717, 1.165) is 6.92 Å². The molecule has 0 bridgehead atoms. The lowest BCUT2D eigenvalue weighted by Gasteiger charge is -2.20. The molecule has 0 amide bonds. The van der Waals surface area contributed by atoms with Gasteiger partial charge >= 0.3 is 0 Å². The van der Waals surface area contributed by atoms with Crippen LogP contribution in [0.25, 0.3) is 87.7 Å². The molecule has 28 N–H and O–H groups in total. The molecule has 0 unspecified atom stereocenters. The Labute approximate surface area is 429 Å². The van der Waals surface area contributed by atoms with Gasteiger partial charge in [-0.05, 0) is 6.92 Å². The van der Waals surface area contributed by atoms with E-state index in [2.05, 4.69) is 15.0 Å². The van der Waals surface area contributed by atoms with Crippen molar-refractivity contribution < 1.29 is 143 Å². The molecule has 404 valence electrons. The summed E-state index contributed by atoms with van der Waals surface area (Å²) in [5, 5.41) is 305. The van der Waals surface area contributed by atoms with Crippen molar-refractivity contribution in [2.24, 2.45) is 0 Å². The first-order valence-electron chi connectivity index (χ1n) is 20.8. The molecule has 0 spiro atoms. The lowest BCUT2D eigenvalue weighted by atomic mass is 9.91. The molecule has 0 aliphatic heterocycles. The molecule has 0 radical (unpaired) electrons. The fourth-order valence-electron chi connectivity index (χ4n) is 8.49. The average molecular weight is 1110 g/mol. The third-order valence-corrected chi connectivity index (χ3v) is 13.7. The second-order valence-corrected chi connectivity index (χ2v) is 17.6. The minimum absolute atomic E-state index is 0.0186. The number of hydrogen-bond acceptors (Lipinski definition) is 32. The molecule has 2 aromatic heterocycles. The Kier molecular flexibility index (Phi) is 10.9. The molecule has 31 nitrogen and oxygen atoms in total. The van der Waals surface area contributed by atoms with Gasteiger partial charge in [-0.15, -0.1) is 11.3 Å². The van der Waals surface area contributed by atoms with Crippen LogP contribution < -0.4 is 0 Å². The fourth-order valence-corrected chi connectivity index (χ4v) is 9.90. The van der Waals surface area contributed by atoms with E-state index in [1.165, 1.54) is 0 Å². The van der Waals surface area contributed by atoms with Crippen LogP contribution in [0.1, 0.15) is 5.56 Å².